The highest BCUT2D eigenvalue weighted by Crippen LogP contribution is 2.30. The van der Waals surface area contributed by atoms with Crippen LogP contribution in [0.15, 0.2) is 72.5 Å². The predicted molar refractivity (Wildman–Crippen MR) is 137 cm³/mol. The molecule has 0 fully saturated rings. The zero-order chi connectivity index (χ0) is 24.4. The van der Waals surface area contributed by atoms with Crippen LogP contribution in [-0.2, 0) is 7.05 Å². The van der Waals surface area contributed by atoms with Crippen molar-refractivity contribution in [2.75, 3.05) is 16.0 Å². The van der Waals surface area contributed by atoms with Crippen LogP contribution in [0.3, 0.4) is 0 Å². The van der Waals surface area contributed by atoms with Gasteiger partial charge in [-0.1, -0.05) is 36.4 Å². The number of nitrogens with one attached hydrogen (secondary N) is 3. The Kier molecular flexibility index (Phi) is 5.94. The monoisotopic (exact) mass is 483 g/mol. The van der Waals surface area contributed by atoms with Gasteiger partial charge in [0.25, 0.3) is 11.8 Å². The van der Waals surface area contributed by atoms with Crippen LogP contribution < -0.4 is 16.0 Å². The molecule has 0 atom stereocenters. The summed E-state index contributed by atoms with van der Waals surface area (Å²) in [5.74, 6) is 0.00491. The highest BCUT2D eigenvalue weighted by molar-refractivity contribution is 7.17. The average Bonchev–Trinajstić information content (AvgIpc) is 3.47. The molecule has 0 saturated carbocycles. The SMILES string of the molecule is Cc1ccccc1Nc1ncc(C(=O)Nc2ncnn2C)cc1NC(=O)c1csc2ccccc12. The molecule has 5 rings (SSSR count). The van der Waals surface area contributed by atoms with Crippen molar-refractivity contribution in [3.8, 4) is 0 Å². The molecule has 0 spiro atoms. The first kappa shape index (κ1) is 22.2. The van der Waals surface area contributed by atoms with Crippen LogP contribution >= 0.6 is 11.3 Å². The van der Waals surface area contributed by atoms with E-state index in [1.165, 1.54) is 28.5 Å². The number of amides is 2. The number of hydrogen-bond acceptors (Lipinski definition) is 7. The lowest BCUT2D eigenvalue weighted by molar-refractivity contribution is 0.101. The van der Waals surface area contributed by atoms with Crippen molar-refractivity contribution < 1.29 is 9.59 Å². The van der Waals surface area contributed by atoms with E-state index in [1.807, 2.05) is 60.8 Å². The minimum absolute atomic E-state index is 0.258. The van der Waals surface area contributed by atoms with Crippen molar-refractivity contribution in [3.05, 3.63) is 89.2 Å². The highest BCUT2D eigenvalue weighted by atomic mass is 32.1. The third-order valence-electron chi connectivity index (χ3n) is 5.46. The van der Waals surface area contributed by atoms with E-state index < -0.39 is 5.91 Å². The number of nitrogens with zero attached hydrogens (tertiary/aromatic N) is 4. The second-order valence-corrected chi connectivity index (χ2v) is 8.73. The first-order valence-corrected chi connectivity index (χ1v) is 11.6. The van der Waals surface area contributed by atoms with E-state index >= 15 is 0 Å². The Morgan fingerprint density at radius 3 is 2.54 bits per heavy atom. The van der Waals surface area contributed by atoms with Crippen molar-refractivity contribution in [1.29, 1.82) is 0 Å². The van der Waals surface area contributed by atoms with Crippen molar-refractivity contribution in [2.24, 2.45) is 7.05 Å². The third kappa shape index (κ3) is 4.59. The predicted octanol–water partition coefficient (Wildman–Crippen LogP) is 4.98. The summed E-state index contributed by atoms with van der Waals surface area (Å²) in [6, 6.07) is 17.1. The van der Waals surface area contributed by atoms with Crippen molar-refractivity contribution in [3.63, 3.8) is 0 Å². The van der Waals surface area contributed by atoms with E-state index in [4.69, 9.17) is 0 Å². The lowest BCUT2D eigenvalue weighted by Crippen LogP contribution is -2.18. The van der Waals surface area contributed by atoms with Gasteiger partial charge in [0.2, 0.25) is 5.95 Å². The fraction of sp³-hybridized carbons (Fsp3) is 0.0800. The van der Waals surface area contributed by atoms with E-state index in [-0.39, 0.29) is 11.5 Å². The number of rotatable bonds is 6. The van der Waals surface area contributed by atoms with Gasteiger partial charge in [-0.05, 0) is 30.7 Å². The summed E-state index contributed by atoms with van der Waals surface area (Å²) in [7, 11) is 1.67. The molecule has 0 unspecified atom stereocenters. The van der Waals surface area contributed by atoms with Crippen molar-refractivity contribution >= 4 is 56.4 Å². The van der Waals surface area contributed by atoms with E-state index in [0.717, 1.165) is 21.3 Å². The van der Waals surface area contributed by atoms with E-state index in [0.29, 0.717) is 23.0 Å². The zero-order valence-corrected chi connectivity index (χ0v) is 19.8. The molecule has 0 radical (unpaired) electrons. The smallest absolute Gasteiger partial charge is 0.259 e. The number of para-hydroxylation sites is 1. The van der Waals surface area contributed by atoms with Crippen LogP contribution in [-0.4, -0.2) is 31.6 Å². The lowest BCUT2D eigenvalue weighted by Gasteiger charge is -2.15. The van der Waals surface area contributed by atoms with Gasteiger partial charge < -0.3 is 10.6 Å². The molecular weight excluding hydrogens is 462 g/mol. The third-order valence-corrected chi connectivity index (χ3v) is 6.42. The molecule has 174 valence electrons. The Balaban J connectivity index is 1.49. The molecular formula is C25H21N7O2S. The molecule has 0 aliphatic carbocycles. The first-order chi connectivity index (χ1) is 17.0. The quantitative estimate of drug-likeness (QED) is 0.314. The number of aromatic nitrogens is 4. The average molecular weight is 484 g/mol. The molecule has 3 heterocycles. The van der Waals surface area contributed by atoms with Gasteiger partial charge in [0.1, 0.15) is 6.33 Å². The van der Waals surface area contributed by atoms with Crippen LogP contribution in [0.2, 0.25) is 0 Å². The van der Waals surface area contributed by atoms with E-state index in [1.54, 1.807) is 13.1 Å². The Hall–Kier alpha value is -4.57. The zero-order valence-electron chi connectivity index (χ0n) is 18.9. The summed E-state index contributed by atoms with van der Waals surface area (Å²) in [6.07, 6.45) is 2.79. The van der Waals surface area contributed by atoms with Crippen LogP contribution in [0.5, 0.6) is 0 Å². The number of carbonyl (C=O) groups excluding carboxylic acids is 2. The number of hydrogen-bond donors (Lipinski definition) is 3. The molecule has 9 nitrogen and oxygen atoms in total. The summed E-state index contributed by atoms with van der Waals surface area (Å²) in [5.41, 5.74) is 3.04. The maximum atomic E-state index is 13.3. The fourth-order valence-corrected chi connectivity index (χ4v) is 4.49. The van der Waals surface area contributed by atoms with Crippen molar-refractivity contribution in [2.45, 2.75) is 6.92 Å². The molecule has 0 saturated heterocycles. The highest BCUT2D eigenvalue weighted by Gasteiger charge is 2.18. The minimum atomic E-state index is -0.424. The molecule has 35 heavy (non-hydrogen) atoms. The molecule has 10 heteroatoms. The Bertz CT molecular complexity index is 1560. The van der Waals surface area contributed by atoms with Crippen LogP contribution in [0.1, 0.15) is 26.3 Å². The molecule has 0 aliphatic rings. The molecule has 2 aromatic carbocycles. The van der Waals surface area contributed by atoms with Gasteiger partial charge in [-0.25, -0.2) is 9.67 Å². The van der Waals surface area contributed by atoms with E-state index in [9.17, 15) is 9.59 Å². The fourth-order valence-electron chi connectivity index (χ4n) is 3.55. The van der Waals surface area contributed by atoms with Gasteiger partial charge in [-0.15, -0.1) is 11.3 Å². The van der Waals surface area contributed by atoms with E-state index in [2.05, 4.69) is 31.0 Å². The largest absolute Gasteiger partial charge is 0.338 e. The summed E-state index contributed by atoms with van der Waals surface area (Å²) in [5, 5.41) is 15.5. The summed E-state index contributed by atoms with van der Waals surface area (Å²) >= 11 is 1.50. The maximum absolute atomic E-state index is 13.3. The topological polar surface area (TPSA) is 114 Å². The number of benzene rings is 2. The second-order valence-electron chi connectivity index (χ2n) is 7.82. The number of carbonyl (C=O) groups is 2. The normalized spacial score (nSPS) is 10.8. The second kappa shape index (κ2) is 9.35. The Labute approximate surface area is 204 Å². The number of thiophene rings is 1. The Morgan fingerprint density at radius 1 is 0.943 bits per heavy atom. The molecule has 2 amide bonds. The van der Waals surface area contributed by atoms with Gasteiger partial charge >= 0.3 is 0 Å². The molecule has 3 N–H and O–H groups in total. The van der Waals surface area contributed by atoms with Crippen molar-refractivity contribution in [1.82, 2.24) is 19.7 Å². The molecule has 5 aromatic rings. The molecule has 3 aromatic heterocycles. The van der Waals surface area contributed by atoms with Gasteiger partial charge in [-0.2, -0.15) is 10.1 Å². The number of fused-ring (bicyclic) bond motifs is 1. The van der Waals surface area contributed by atoms with Gasteiger partial charge in [0.05, 0.1) is 16.8 Å². The standard InChI is InChI=1S/C25H21N7O2S/c1-15-7-3-5-9-19(15)29-22-20(30-24(34)18-13-35-21-10-6-4-8-17(18)21)11-16(12-26-22)23(33)31-25-27-14-28-32(25)2/h3-14H,1-2H3,(H,26,29)(H,30,34)(H,27,28,31,33). The summed E-state index contributed by atoms with van der Waals surface area (Å²) < 4.78 is 2.47. The summed E-state index contributed by atoms with van der Waals surface area (Å²) in [4.78, 5) is 34.6. The summed E-state index contributed by atoms with van der Waals surface area (Å²) in [6.45, 7) is 1.97. The number of pyridine rings is 1. The lowest BCUT2D eigenvalue weighted by atomic mass is 10.1. The van der Waals surface area contributed by atoms with Gasteiger partial charge in [0.15, 0.2) is 5.82 Å². The number of anilines is 4. The van der Waals surface area contributed by atoms with Gasteiger partial charge in [-0.3, -0.25) is 14.9 Å². The van der Waals surface area contributed by atoms with Crippen LogP contribution in [0.25, 0.3) is 10.1 Å². The molecule has 0 aliphatic heterocycles. The molecule has 0 bridgehead atoms. The number of aryl methyl sites for hydroxylation is 2. The first-order valence-electron chi connectivity index (χ1n) is 10.8. The van der Waals surface area contributed by atoms with Gasteiger partial charge in [0, 0.05) is 34.4 Å². The van der Waals surface area contributed by atoms with Crippen LogP contribution in [0.4, 0.5) is 23.1 Å². The van der Waals surface area contributed by atoms with Crippen LogP contribution in [0, 0.1) is 6.92 Å². The minimum Gasteiger partial charge on any atom is -0.338 e. The maximum Gasteiger partial charge on any atom is 0.259 e. The Morgan fingerprint density at radius 2 is 1.74 bits per heavy atom.